The average Bonchev–Trinajstić information content (AvgIpc) is 2.91. The van der Waals surface area contributed by atoms with E-state index in [-0.39, 0.29) is 11.5 Å². The van der Waals surface area contributed by atoms with Crippen LogP contribution in [0.5, 0.6) is 0 Å². The maximum atomic E-state index is 12.1. The minimum absolute atomic E-state index is 0.222. The van der Waals surface area contributed by atoms with Crippen LogP contribution in [-0.4, -0.2) is 32.7 Å². The summed E-state index contributed by atoms with van der Waals surface area (Å²) < 4.78 is 98.9. The van der Waals surface area contributed by atoms with Crippen LogP contribution in [0.25, 0.3) is 0 Å². The van der Waals surface area contributed by atoms with Crippen LogP contribution >= 0.6 is 11.5 Å². The van der Waals surface area contributed by atoms with Crippen molar-refractivity contribution < 1.29 is 34.4 Å². The number of aromatic nitrogens is 1. The Morgan fingerprint density at radius 2 is 1.48 bits per heavy atom. The molecule has 138 valence electrons. The van der Waals surface area contributed by atoms with E-state index >= 15 is 0 Å². The fourth-order valence-corrected chi connectivity index (χ4v) is 5.76. The fourth-order valence-electron chi connectivity index (χ4n) is 1.62. The van der Waals surface area contributed by atoms with E-state index in [2.05, 4.69) is 4.37 Å². The number of hydrogen-bond donors (Lipinski definition) is 0. The number of nitriles is 1. The summed E-state index contributed by atoms with van der Waals surface area (Å²) in [5, 5.41) is 8.25. The largest absolute Gasteiger partial charge is 0.266 e. The first-order chi connectivity index (χ1) is 11.5. The second-order valence-electron chi connectivity index (χ2n) is 4.46. The van der Waals surface area contributed by atoms with Gasteiger partial charge in [0.15, 0.2) is 28.9 Å². The molecular weight excluding hydrogens is 408 g/mol. The molecule has 25 heavy (non-hydrogen) atoms. The molecule has 0 atom stereocenters. The highest BCUT2D eigenvalue weighted by Gasteiger charge is 2.30. The normalized spacial score (nSPS) is 11.6. The summed E-state index contributed by atoms with van der Waals surface area (Å²) in [6.07, 6.45) is -4.49. The molecule has 0 N–H and O–H groups in total. The predicted octanol–water partition coefficient (Wildman–Crippen LogP) is 2.90. The van der Waals surface area contributed by atoms with E-state index in [4.69, 9.17) is 5.26 Å². The van der Waals surface area contributed by atoms with Gasteiger partial charge in [0.25, 0.3) is 12.2 Å². The van der Waals surface area contributed by atoms with E-state index in [1.54, 1.807) is 0 Å². The molecule has 0 spiro atoms. The Bertz CT molecular complexity index is 866. The zero-order valence-corrected chi connectivity index (χ0v) is 14.7. The van der Waals surface area contributed by atoms with E-state index < -0.39 is 71.0 Å². The van der Waals surface area contributed by atoms with Crippen molar-refractivity contribution in [2.24, 2.45) is 0 Å². The lowest BCUT2D eigenvalue weighted by molar-refractivity contribution is 0.417. The molecule has 1 aromatic heterocycles. The van der Waals surface area contributed by atoms with E-state index in [9.17, 15) is 34.4 Å². The Morgan fingerprint density at radius 1 is 1.00 bits per heavy atom. The van der Waals surface area contributed by atoms with Crippen molar-refractivity contribution in [3.05, 3.63) is 29.9 Å². The molecule has 6 nitrogen and oxygen atoms in total. The summed E-state index contributed by atoms with van der Waals surface area (Å²) in [7, 11) is -8.48. The molecule has 0 aliphatic heterocycles. The van der Waals surface area contributed by atoms with Crippen LogP contribution < -0.4 is 0 Å². The van der Waals surface area contributed by atoms with Gasteiger partial charge in [-0.2, -0.15) is 27.2 Å². The van der Waals surface area contributed by atoms with Crippen LogP contribution in [0, 0.1) is 11.3 Å². The quantitative estimate of drug-likeness (QED) is 0.601. The number of allylic oxidation sites excluding steroid dienone is 2. The lowest BCUT2D eigenvalue weighted by Crippen LogP contribution is -2.10. The van der Waals surface area contributed by atoms with Crippen molar-refractivity contribution in [1.29, 1.82) is 5.26 Å². The molecule has 1 rings (SSSR count). The van der Waals surface area contributed by atoms with Gasteiger partial charge in [0, 0.05) is 0 Å². The molecule has 0 bridgehead atoms. The van der Waals surface area contributed by atoms with Crippen LogP contribution in [0.2, 0.25) is 0 Å². The van der Waals surface area contributed by atoms with Gasteiger partial charge in [-0.05, 0) is 36.5 Å². The van der Waals surface area contributed by atoms with Gasteiger partial charge >= 0.3 is 0 Å². The first kappa shape index (κ1) is 21.3. The fraction of sp³-hybridized carbons (Fsp3) is 0.333. The van der Waals surface area contributed by atoms with E-state index in [0.29, 0.717) is 12.2 Å². The summed E-state index contributed by atoms with van der Waals surface area (Å²) in [5.74, 6) is -1.56. The van der Waals surface area contributed by atoms with Crippen molar-refractivity contribution in [2.45, 2.75) is 22.1 Å². The monoisotopic (exact) mass is 418 g/mol. The predicted molar refractivity (Wildman–Crippen MR) is 80.8 cm³/mol. The van der Waals surface area contributed by atoms with Gasteiger partial charge in [-0.25, -0.2) is 16.8 Å². The van der Waals surface area contributed by atoms with Crippen molar-refractivity contribution in [3.63, 3.8) is 0 Å². The van der Waals surface area contributed by atoms with Gasteiger partial charge in [0.2, 0.25) is 0 Å². The molecule has 0 unspecified atom stereocenters. The molecule has 0 saturated heterocycles. The zero-order valence-electron chi connectivity index (χ0n) is 12.2. The maximum absolute atomic E-state index is 12.1. The third kappa shape index (κ3) is 5.91. The second-order valence-corrected chi connectivity index (χ2v) is 9.57. The Kier molecular flexibility index (Phi) is 7.27. The maximum Gasteiger partial charge on any atom is 0.266 e. The van der Waals surface area contributed by atoms with E-state index in [0.717, 1.165) is 0 Å². The van der Waals surface area contributed by atoms with Gasteiger partial charge in [0.05, 0.1) is 11.5 Å². The third-order valence-corrected chi connectivity index (χ3v) is 7.63. The van der Waals surface area contributed by atoms with E-state index in [1.807, 2.05) is 0 Å². The van der Waals surface area contributed by atoms with Gasteiger partial charge in [-0.1, -0.05) is 0 Å². The summed E-state index contributed by atoms with van der Waals surface area (Å²) in [4.78, 5) is 0. The Hall–Kier alpha value is -1.78. The number of sulfone groups is 2. The summed E-state index contributed by atoms with van der Waals surface area (Å²) in [6, 6.07) is 1.42. The zero-order chi connectivity index (χ0) is 19.3. The van der Waals surface area contributed by atoms with Crippen molar-refractivity contribution in [2.75, 3.05) is 11.5 Å². The Labute approximate surface area is 145 Å². The van der Waals surface area contributed by atoms with Crippen LogP contribution in [0.1, 0.15) is 18.4 Å². The standard InChI is InChI=1S/C12H10F4N2O4S3/c13-9(14)3-1-5-24(19,20)11-8(7-17)12(23-18-11)25(21,22)6-2-4-10(15)16/h3-4H,1-2,5-6H2. The molecule has 1 heterocycles. The number of rotatable bonds is 8. The van der Waals surface area contributed by atoms with Crippen LogP contribution in [0.15, 0.2) is 33.5 Å². The summed E-state index contributed by atoms with van der Waals surface area (Å²) in [5.41, 5.74) is -0.737. The molecule has 0 aliphatic carbocycles. The molecule has 13 heteroatoms. The van der Waals surface area contributed by atoms with E-state index in [1.165, 1.54) is 6.07 Å². The third-order valence-electron chi connectivity index (χ3n) is 2.69. The summed E-state index contributed by atoms with van der Waals surface area (Å²) in [6.45, 7) is 0. The van der Waals surface area contributed by atoms with Crippen LogP contribution in [0.4, 0.5) is 17.6 Å². The SMILES string of the molecule is N#Cc1c(S(=O)(=O)CCC=C(F)F)nsc1S(=O)(=O)CCC=C(F)F. The molecule has 0 fully saturated rings. The van der Waals surface area contributed by atoms with Crippen molar-refractivity contribution in [1.82, 2.24) is 4.37 Å². The van der Waals surface area contributed by atoms with Crippen LogP contribution in [-0.2, 0) is 19.7 Å². The highest BCUT2D eigenvalue weighted by Crippen LogP contribution is 2.29. The lowest BCUT2D eigenvalue weighted by Gasteiger charge is -2.01. The van der Waals surface area contributed by atoms with Gasteiger partial charge in [-0.3, -0.25) is 0 Å². The smallest absolute Gasteiger partial charge is 0.223 e. The highest BCUT2D eigenvalue weighted by atomic mass is 32.2. The molecule has 0 aliphatic rings. The van der Waals surface area contributed by atoms with Gasteiger partial charge in [0.1, 0.15) is 11.6 Å². The highest BCUT2D eigenvalue weighted by molar-refractivity contribution is 7.94. The minimum Gasteiger partial charge on any atom is -0.223 e. The second kappa shape index (κ2) is 8.54. The topological polar surface area (TPSA) is 105 Å². The minimum atomic E-state index is -4.27. The molecule has 0 amide bonds. The molecule has 1 aromatic rings. The number of halogens is 4. The molecule has 0 aromatic carbocycles. The first-order valence-electron chi connectivity index (χ1n) is 6.39. The van der Waals surface area contributed by atoms with Crippen molar-refractivity contribution >= 4 is 31.2 Å². The van der Waals surface area contributed by atoms with Gasteiger partial charge in [-0.15, -0.1) is 0 Å². The van der Waals surface area contributed by atoms with Crippen LogP contribution in [0.3, 0.4) is 0 Å². The Morgan fingerprint density at radius 3 is 1.92 bits per heavy atom. The number of nitrogens with zero attached hydrogens (tertiary/aromatic N) is 2. The van der Waals surface area contributed by atoms with Crippen molar-refractivity contribution in [3.8, 4) is 6.07 Å². The molecule has 0 radical (unpaired) electrons. The van der Waals surface area contributed by atoms with Gasteiger partial charge < -0.3 is 0 Å². The summed E-state index contributed by atoms with van der Waals surface area (Å²) >= 11 is 0.222. The molecule has 0 saturated carbocycles. The molecular formula is C12H10F4N2O4S3. The lowest BCUT2D eigenvalue weighted by atomic mass is 10.4. The first-order valence-corrected chi connectivity index (χ1v) is 10.5. The Balaban J connectivity index is 3.18. The number of hydrogen-bond acceptors (Lipinski definition) is 7. The average molecular weight is 418 g/mol.